The van der Waals surface area contributed by atoms with Crippen molar-refractivity contribution in [1.82, 2.24) is 19.6 Å². The highest BCUT2D eigenvalue weighted by Gasteiger charge is 2.32. The molecule has 4 aromatic rings. The van der Waals surface area contributed by atoms with Gasteiger partial charge in [-0.15, -0.1) is 0 Å². The van der Waals surface area contributed by atoms with Crippen LogP contribution in [-0.2, 0) is 83.2 Å². The van der Waals surface area contributed by atoms with Crippen LogP contribution in [0.25, 0.3) is 0 Å². The van der Waals surface area contributed by atoms with Crippen LogP contribution in [0, 0.1) is 17.8 Å². The van der Waals surface area contributed by atoms with Gasteiger partial charge in [0.05, 0.1) is 59.3 Å². The molecule has 8 heterocycles. The molecule has 8 aliphatic heterocycles. The summed E-state index contributed by atoms with van der Waals surface area (Å²) in [6.45, 7) is 13.3. The summed E-state index contributed by atoms with van der Waals surface area (Å²) >= 11 is 12.6. The number of esters is 4. The third kappa shape index (κ3) is 34.5. The predicted octanol–water partition coefficient (Wildman–Crippen LogP) is 16.3. The van der Waals surface area contributed by atoms with Crippen LogP contribution in [-0.4, -0.2) is 236 Å². The van der Waals surface area contributed by atoms with Gasteiger partial charge in [0.15, 0.2) is 26.4 Å². The number of halogens is 2. The molecule has 4 atom stereocenters. The van der Waals surface area contributed by atoms with Crippen molar-refractivity contribution in [3.63, 3.8) is 0 Å². The number of piperidine rings is 4. The maximum Gasteiger partial charge on any atom is 0.342 e. The van der Waals surface area contributed by atoms with E-state index >= 15 is 0 Å². The molecule has 34 heteroatoms. The highest BCUT2D eigenvalue weighted by molar-refractivity contribution is 6.34. The number of hydrogen-bond acceptors (Lipinski definition) is 28. The number of nitrogens with zero attached hydrogens (tertiary/aromatic N) is 8. The molecule has 0 aliphatic carbocycles. The zero-order valence-electron chi connectivity index (χ0n) is 76.7. The van der Waals surface area contributed by atoms with Crippen molar-refractivity contribution in [1.29, 1.82) is 0 Å². The van der Waals surface area contributed by atoms with Crippen molar-refractivity contribution in [2.75, 3.05) is 98.7 Å². The SMILES string of the molecule is CC1CCCCN1C(=O)CO/N=C1\C=C\CC/C=C/CCOC(=O)c2c(O)cc(O)cc2C1.CC1CCCN(C(=O)CO/N=C2/C=C/CC/C=C/CCOC(=O)c3c(O)cc(O)c(Cl)c3C2)C1.CC1CCCN(C(=O)CO/N=C2/C=C/CC/C=C/CCOC(=O)c3c(O)cc(O)cc3C2)C1.CC1CCCN(C(=O)CO/N=C2\C=C\CC/C=C/CCOC(=O)c3c(O)cc(O)c(Cl)c3C2)C1. The van der Waals surface area contributed by atoms with E-state index in [1.807, 2.05) is 84.7 Å². The fraction of sp³-hybridized carbons (Fsp3) is 0.480. The minimum Gasteiger partial charge on any atom is -0.508 e. The summed E-state index contributed by atoms with van der Waals surface area (Å²) in [5.74, 6) is -4.66. The molecule has 4 amide bonds. The van der Waals surface area contributed by atoms with Crippen molar-refractivity contribution < 1.29 is 118 Å². The number of phenolic OH excluding ortho intramolecular Hbond substituents is 8. The van der Waals surface area contributed by atoms with Crippen LogP contribution in [0.3, 0.4) is 0 Å². The van der Waals surface area contributed by atoms with Crippen LogP contribution < -0.4 is 0 Å². The van der Waals surface area contributed by atoms with Gasteiger partial charge in [0, 0.05) is 102 Å². The molecule has 0 saturated carbocycles. The topological polar surface area (TPSA) is 435 Å². The zero-order valence-corrected chi connectivity index (χ0v) is 78.3. The normalized spacial score (nSPS) is 23.0. The number of oxime groups is 4. The second kappa shape index (κ2) is 55.8. The van der Waals surface area contributed by atoms with Gasteiger partial charge in [-0.25, -0.2) is 19.2 Å². The number of fused-ring (bicyclic) bond motifs is 4. The molecule has 4 fully saturated rings. The molecular formula is C100H126Cl2N8O24. The minimum absolute atomic E-state index is 0.0201. The largest absolute Gasteiger partial charge is 0.508 e. The number of likely N-dealkylation sites (tertiary alicyclic amines) is 4. The van der Waals surface area contributed by atoms with E-state index in [1.165, 1.54) is 12.1 Å². The van der Waals surface area contributed by atoms with Crippen LogP contribution in [0.4, 0.5) is 0 Å². The van der Waals surface area contributed by atoms with Crippen molar-refractivity contribution >= 4 is 93.6 Å². The first kappa shape index (κ1) is 105. The van der Waals surface area contributed by atoms with Crippen molar-refractivity contribution in [2.45, 2.75) is 194 Å². The lowest BCUT2D eigenvalue weighted by Crippen LogP contribution is -2.43. The van der Waals surface area contributed by atoms with Gasteiger partial charge < -0.3 is 98.7 Å². The molecule has 12 rings (SSSR count). The van der Waals surface area contributed by atoms with E-state index in [0.717, 1.165) is 153 Å². The standard InChI is InChI=1S/2C25H31ClN2O6.2C25H32N2O6/c2*1-17-9-8-11-28(15-17)22(31)16-34-27-18-10-6-4-2-3-5-7-12-33-25(32)23-19(13-18)24(26)21(30)14-20(23)29;1-18-10-7-8-12-27(18)23(30)17-33-26-20-11-6-4-2-3-5-9-13-32-25(31)24-19(14-20)15-21(28)16-22(24)29;1-18-9-8-11-27(16-18)23(30)17-33-26-20-10-6-4-2-3-5-7-12-32-25(31)24-19(13-20)14-21(28)15-22(24)29/h2*3,5-6,10,14,17,29-30H,2,4,7-9,11-13,15-16H2,1H3;3,5-6,11,15-16,18,28-29H,2,4,7-10,12-14,17H2,1H3;3,5-6,10,14-15,18,28-29H,2,4,7-9,11-13,16-17H2,1H3/b5-3+,10-6+,27-18+;5-3+,10-6+,27-18-;5-3+,11-6+,26-20+;5-3+,10-6+,26-20-. The smallest absolute Gasteiger partial charge is 0.342 e. The molecule has 0 bridgehead atoms. The van der Waals surface area contributed by atoms with E-state index in [0.29, 0.717) is 104 Å². The van der Waals surface area contributed by atoms with Gasteiger partial charge in [-0.1, -0.05) is 138 Å². The summed E-state index contributed by atoms with van der Waals surface area (Å²) in [6, 6.07) is 7.20. The highest BCUT2D eigenvalue weighted by Crippen LogP contribution is 2.40. The summed E-state index contributed by atoms with van der Waals surface area (Å²) in [6.07, 6.45) is 48.4. The summed E-state index contributed by atoms with van der Waals surface area (Å²) in [4.78, 5) is 129. The van der Waals surface area contributed by atoms with Crippen molar-refractivity contribution in [2.24, 2.45) is 38.4 Å². The summed E-state index contributed by atoms with van der Waals surface area (Å²) in [5, 5.41) is 97.9. The Balaban J connectivity index is 0.000000201. The number of aromatic hydroxyl groups is 8. The van der Waals surface area contributed by atoms with Gasteiger partial charge in [-0.2, -0.15) is 0 Å². The maximum absolute atomic E-state index is 12.7. The number of ether oxygens (including phenoxy) is 4. The molecule has 0 spiro atoms. The van der Waals surface area contributed by atoms with Crippen LogP contribution in [0.5, 0.6) is 46.0 Å². The second-order valence-corrected chi connectivity index (χ2v) is 34.7. The Hall–Kier alpha value is -12.6. The Labute approximate surface area is 791 Å². The van der Waals surface area contributed by atoms with E-state index in [1.54, 1.807) is 39.0 Å². The molecule has 134 heavy (non-hydrogen) atoms. The quantitative estimate of drug-likeness (QED) is 0.0283. The Morgan fingerprint density at radius 1 is 0.343 bits per heavy atom. The first-order chi connectivity index (χ1) is 64.6. The monoisotopic (exact) mass is 1890 g/mol. The molecule has 0 aromatic heterocycles. The summed E-state index contributed by atoms with van der Waals surface area (Å²) in [5.41, 5.74) is 2.39. The van der Waals surface area contributed by atoms with Crippen LogP contribution >= 0.6 is 23.2 Å². The molecule has 4 unspecified atom stereocenters. The van der Waals surface area contributed by atoms with Crippen LogP contribution in [0.2, 0.25) is 10.0 Å². The lowest BCUT2D eigenvalue weighted by molar-refractivity contribution is -0.139. The number of benzene rings is 4. The average molecular weight is 1900 g/mol. The van der Waals surface area contributed by atoms with E-state index in [2.05, 4.69) is 41.4 Å². The Morgan fingerprint density at radius 2 is 0.634 bits per heavy atom. The number of phenols is 8. The molecule has 8 aliphatic rings. The number of cyclic esters (lactones) is 4. The molecule has 4 saturated heterocycles. The van der Waals surface area contributed by atoms with Gasteiger partial charge in [0.25, 0.3) is 23.6 Å². The van der Waals surface area contributed by atoms with Gasteiger partial charge in [-0.05, 0) is 218 Å². The fourth-order valence-corrected chi connectivity index (χ4v) is 16.4. The van der Waals surface area contributed by atoms with E-state index in [4.69, 9.17) is 61.5 Å². The van der Waals surface area contributed by atoms with E-state index in [9.17, 15) is 79.2 Å². The van der Waals surface area contributed by atoms with Gasteiger partial charge >= 0.3 is 23.9 Å². The molecule has 724 valence electrons. The maximum atomic E-state index is 12.7. The van der Waals surface area contributed by atoms with Crippen LogP contribution in [0.15, 0.2) is 154 Å². The van der Waals surface area contributed by atoms with Crippen LogP contribution in [0.1, 0.15) is 226 Å². The van der Waals surface area contributed by atoms with Gasteiger partial charge in [-0.3, -0.25) is 19.2 Å². The first-order valence-corrected chi connectivity index (χ1v) is 46.8. The summed E-state index contributed by atoms with van der Waals surface area (Å²) in [7, 11) is 0. The van der Waals surface area contributed by atoms with Crippen molar-refractivity contribution in [3.8, 4) is 46.0 Å². The molecule has 32 nitrogen and oxygen atoms in total. The average Bonchev–Trinajstić information content (AvgIpc) is 0.815. The van der Waals surface area contributed by atoms with Crippen molar-refractivity contribution in [3.05, 3.63) is 188 Å². The second-order valence-electron chi connectivity index (χ2n) is 34.0. The lowest BCUT2D eigenvalue weighted by atomic mass is 9.99. The van der Waals surface area contributed by atoms with E-state index < -0.39 is 35.4 Å². The Bertz CT molecular complexity index is 4930. The third-order valence-electron chi connectivity index (χ3n) is 22.9. The van der Waals surface area contributed by atoms with Gasteiger partial charge in [0.1, 0.15) is 68.2 Å². The number of carbonyl (C=O) groups excluding carboxylic acids is 8. The minimum atomic E-state index is -0.751. The number of rotatable bonds is 12. The number of carbonyl (C=O) groups is 8. The molecule has 0 radical (unpaired) electrons. The van der Waals surface area contributed by atoms with Gasteiger partial charge in [0.2, 0.25) is 0 Å². The fourth-order valence-electron chi connectivity index (χ4n) is 16.0. The predicted molar refractivity (Wildman–Crippen MR) is 507 cm³/mol. The number of hydrogen-bond donors (Lipinski definition) is 8. The third-order valence-corrected chi connectivity index (χ3v) is 23.7. The summed E-state index contributed by atoms with van der Waals surface area (Å²) < 4.78 is 21.1. The number of amides is 4. The molecule has 4 aromatic carbocycles. The zero-order chi connectivity index (χ0) is 96.3. The molecule has 8 N–H and O–H groups in total. The Morgan fingerprint density at radius 3 is 0.955 bits per heavy atom. The Kier molecular flexibility index (Phi) is 43.8. The first-order valence-electron chi connectivity index (χ1n) is 46.0. The highest BCUT2D eigenvalue weighted by atomic mass is 35.5. The number of allylic oxidation sites excluding steroid dienone is 12. The lowest BCUT2D eigenvalue weighted by Gasteiger charge is -2.32. The van der Waals surface area contributed by atoms with E-state index in [-0.39, 0.29) is 186 Å². The molecular weight excluding hydrogens is 1770 g/mol.